The van der Waals surface area contributed by atoms with Crippen LogP contribution in [0.1, 0.15) is 44.5 Å². The molecule has 2 rings (SSSR count). The molecule has 9 heteroatoms. The molecular formula is C23H31N3O6. The van der Waals surface area contributed by atoms with Crippen LogP contribution in [0.25, 0.3) is 0 Å². The molecule has 174 valence electrons. The SMILES string of the molecule is COC(=O)c1ccc(NC(=O)/C(C)=C/C(=O)N2CCCN(C(=O)OC(C)(C)C)CC2)cc1. The highest BCUT2D eigenvalue weighted by Gasteiger charge is 2.25. The summed E-state index contributed by atoms with van der Waals surface area (Å²) < 4.78 is 10.0. The summed E-state index contributed by atoms with van der Waals surface area (Å²) in [6.45, 7) is 8.70. The smallest absolute Gasteiger partial charge is 0.410 e. The van der Waals surface area contributed by atoms with E-state index < -0.39 is 23.6 Å². The first-order valence-electron chi connectivity index (χ1n) is 10.4. The number of carbonyl (C=O) groups excluding carboxylic acids is 4. The average Bonchev–Trinajstić information content (AvgIpc) is 2.99. The Labute approximate surface area is 188 Å². The fourth-order valence-electron chi connectivity index (χ4n) is 3.03. The number of nitrogens with one attached hydrogen (secondary N) is 1. The molecule has 9 nitrogen and oxygen atoms in total. The second-order valence-corrected chi connectivity index (χ2v) is 8.50. The number of methoxy groups -OCH3 is 1. The van der Waals surface area contributed by atoms with Crippen LogP contribution in [0.2, 0.25) is 0 Å². The van der Waals surface area contributed by atoms with Gasteiger partial charge in [0, 0.05) is 43.5 Å². The lowest BCUT2D eigenvalue weighted by molar-refractivity contribution is -0.126. The summed E-state index contributed by atoms with van der Waals surface area (Å²) in [4.78, 5) is 52.1. The Morgan fingerprint density at radius 3 is 2.16 bits per heavy atom. The van der Waals surface area contributed by atoms with Gasteiger partial charge in [-0.2, -0.15) is 0 Å². The number of nitrogens with zero attached hydrogens (tertiary/aromatic N) is 2. The fourth-order valence-corrected chi connectivity index (χ4v) is 3.03. The standard InChI is InChI=1S/C23H31N3O6/c1-16(20(28)24-18-9-7-17(8-10-18)21(29)31-5)15-19(27)25-11-6-12-26(14-13-25)22(30)32-23(2,3)4/h7-10,15H,6,11-14H2,1-5H3,(H,24,28)/b16-15+. The molecule has 3 amide bonds. The van der Waals surface area contributed by atoms with Crippen LogP contribution in [-0.2, 0) is 19.1 Å². The van der Waals surface area contributed by atoms with Crippen molar-refractivity contribution < 1.29 is 28.7 Å². The van der Waals surface area contributed by atoms with E-state index in [1.165, 1.54) is 13.2 Å². The van der Waals surface area contributed by atoms with Gasteiger partial charge >= 0.3 is 12.1 Å². The van der Waals surface area contributed by atoms with Crippen molar-refractivity contribution in [1.29, 1.82) is 0 Å². The summed E-state index contributed by atoms with van der Waals surface area (Å²) in [5.74, 6) is -1.17. The van der Waals surface area contributed by atoms with E-state index >= 15 is 0 Å². The maximum atomic E-state index is 12.7. The number of rotatable bonds is 4. The van der Waals surface area contributed by atoms with Gasteiger partial charge in [0.2, 0.25) is 5.91 Å². The minimum atomic E-state index is -0.578. The number of amides is 3. The summed E-state index contributed by atoms with van der Waals surface area (Å²) in [7, 11) is 1.29. The molecule has 0 spiro atoms. The predicted octanol–water partition coefficient (Wildman–Crippen LogP) is 2.83. The molecule has 0 bridgehead atoms. The van der Waals surface area contributed by atoms with Crippen molar-refractivity contribution in [2.45, 2.75) is 39.7 Å². The summed E-state index contributed by atoms with van der Waals surface area (Å²) >= 11 is 0. The molecule has 1 aliphatic rings. The molecule has 0 radical (unpaired) electrons. The van der Waals surface area contributed by atoms with E-state index in [9.17, 15) is 19.2 Å². The molecule has 1 aromatic carbocycles. The lowest BCUT2D eigenvalue weighted by Gasteiger charge is -2.26. The van der Waals surface area contributed by atoms with Gasteiger partial charge in [-0.05, 0) is 58.4 Å². The van der Waals surface area contributed by atoms with Gasteiger partial charge in [0.05, 0.1) is 12.7 Å². The highest BCUT2D eigenvalue weighted by atomic mass is 16.6. The number of carbonyl (C=O) groups is 4. The molecule has 1 fully saturated rings. The number of ether oxygens (including phenoxy) is 2. The van der Waals surface area contributed by atoms with Gasteiger partial charge in [-0.1, -0.05) is 0 Å². The zero-order valence-electron chi connectivity index (χ0n) is 19.3. The zero-order valence-corrected chi connectivity index (χ0v) is 19.3. The fraction of sp³-hybridized carbons (Fsp3) is 0.478. The Balaban J connectivity index is 1.93. The van der Waals surface area contributed by atoms with Gasteiger partial charge in [-0.3, -0.25) is 9.59 Å². The van der Waals surface area contributed by atoms with E-state index in [1.54, 1.807) is 41.0 Å². The molecule has 0 aromatic heterocycles. The third-order valence-electron chi connectivity index (χ3n) is 4.72. The highest BCUT2D eigenvalue weighted by molar-refractivity contribution is 6.07. The van der Waals surface area contributed by atoms with Crippen LogP contribution >= 0.6 is 0 Å². The molecule has 0 aliphatic carbocycles. The second-order valence-electron chi connectivity index (χ2n) is 8.50. The molecule has 1 aliphatic heterocycles. The van der Waals surface area contributed by atoms with Crippen molar-refractivity contribution in [3.05, 3.63) is 41.5 Å². The van der Waals surface area contributed by atoms with Crippen molar-refractivity contribution >= 4 is 29.6 Å². The van der Waals surface area contributed by atoms with Crippen molar-refractivity contribution in [3.63, 3.8) is 0 Å². The van der Waals surface area contributed by atoms with Gasteiger partial charge in [0.25, 0.3) is 5.91 Å². The number of hydrogen-bond donors (Lipinski definition) is 1. The first-order chi connectivity index (χ1) is 15.0. The third kappa shape index (κ3) is 7.40. The lowest BCUT2D eigenvalue weighted by atomic mass is 10.2. The molecule has 0 unspecified atom stereocenters. The molecule has 1 N–H and O–H groups in total. The van der Waals surface area contributed by atoms with Crippen molar-refractivity contribution in [3.8, 4) is 0 Å². The van der Waals surface area contributed by atoms with Gasteiger partial charge in [-0.25, -0.2) is 9.59 Å². The molecule has 0 atom stereocenters. The van der Waals surface area contributed by atoms with E-state index in [0.717, 1.165) is 0 Å². The average molecular weight is 446 g/mol. The molecule has 32 heavy (non-hydrogen) atoms. The molecule has 1 heterocycles. The number of benzene rings is 1. The molecule has 0 saturated carbocycles. The van der Waals surface area contributed by atoms with Crippen LogP contribution in [0.5, 0.6) is 0 Å². The Morgan fingerprint density at radius 2 is 1.56 bits per heavy atom. The summed E-state index contributed by atoms with van der Waals surface area (Å²) in [6, 6.07) is 6.25. The largest absolute Gasteiger partial charge is 0.465 e. The summed E-state index contributed by atoms with van der Waals surface area (Å²) in [5.41, 5.74) is 0.534. The predicted molar refractivity (Wildman–Crippen MR) is 119 cm³/mol. The minimum Gasteiger partial charge on any atom is -0.465 e. The molecular weight excluding hydrogens is 414 g/mol. The van der Waals surface area contributed by atoms with Crippen LogP contribution in [0.3, 0.4) is 0 Å². The number of hydrogen-bond acceptors (Lipinski definition) is 6. The molecule has 1 aromatic rings. The third-order valence-corrected chi connectivity index (χ3v) is 4.72. The normalized spacial score (nSPS) is 15.0. The van der Waals surface area contributed by atoms with Crippen molar-refractivity contribution in [2.75, 3.05) is 38.6 Å². The van der Waals surface area contributed by atoms with E-state index in [4.69, 9.17) is 4.74 Å². The van der Waals surface area contributed by atoms with Gasteiger partial charge < -0.3 is 24.6 Å². The van der Waals surface area contributed by atoms with Crippen LogP contribution in [-0.4, -0.2) is 72.6 Å². The van der Waals surface area contributed by atoms with Crippen molar-refractivity contribution in [1.82, 2.24) is 9.80 Å². The van der Waals surface area contributed by atoms with Crippen LogP contribution < -0.4 is 5.32 Å². The maximum absolute atomic E-state index is 12.7. The Morgan fingerprint density at radius 1 is 0.969 bits per heavy atom. The van der Waals surface area contributed by atoms with Crippen LogP contribution in [0.4, 0.5) is 10.5 Å². The monoisotopic (exact) mass is 445 g/mol. The lowest BCUT2D eigenvalue weighted by Crippen LogP contribution is -2.39. The summed E-state index contributed by atoms with van der Waals surface area (Å²) in [5, 5.41) is 2.69. The van der Waals surface area contributed by atoms with E-state index in [-0.39, 0.29) is 11.5 Å². The Kier molecular flexibility index (Phi) is 8.40. The second kappa shape index (κ2) is 10.8. The quantitative estimate of drug-likeness (QED) is 0.564. The highest BCUT2D eigenvalue weighted by Crippen LogP contribution is 2.14. The van der Waals surface area contributed by atoms with E-state index in [1.807, 2.05) is 20.8 Å². The first kappa shape index (κ1) is 24.9. The Bertz CT molecular complexity index is 886. The Hall–Kier alpha value is -3.36. The number of anilines is 1. The van der Waals surface area contributed by atoms with Crippen molar-refractivity contribution in [2.24, 2.45) is 0 Å². The molecule has 1 saturated heterocycles. The van der Waals surface area contributed by atoms with Crippen LogP contribution in [0.15, 0.2) is 35.9 Å². The number of esters is 1. The first-order valence-corrected chi connectivity index (χ1v) is 10.4. The zero-order chi connectivity index (χ0) is 23.9. The van der Waals surface area contributed by atoms with Gasteiger partial charge in [0.15, 0.2) is 0 Å². The topological polar surface area (TPSA) is 105 Å². The van der Waals surface area contributed by atoms with E-state index in [0.29, 0.717) is 43.9 Å². The van der Waals surface area contributed by atoms with Gasteiger partial charge in [0.1, 0.15) is 5.60 Å². The van der Waals surface area contributed by atoms with E-state index in [2.05, 4.69) is 10.1 Å². The minimum absolute atomic E-state index is 0.250. The maximum Gasteiger partial charge on any atom is 0.410 e. The van der Waals surface area contributed by atoms with Gasteiger partial charge in [-0.15, -0.1) is 0 Å². The van der Waals surface area contributed by atoms with Crippen LogP contribution in [0, 0.1) is 0 Å². The summed E-state index contributed by atoms with van der Waals surface area (Å²) in [6.07, 6.45) is 1.52.